The van der Waals surface area contributed by atoms with Crippen LogP contribution in [0.2, 0.25) is 0 Å². The maximum absolute atomic E-state index is 5.72. The maximum atomic E-state index is 5.72. The molecule has 2 atom stereocenters. The summed E-state index contributed by atoms with van der Waals surface area (Å²) in [5, 5.41) is 0. The molecule has 0 aromatic carbocycles. The summed E-state index contributed by atoms with van der Waals surface area (Å²) in [6, 6.07) is 1.83. The lowest BCUT2D eigenvalue weighted by atomic mass is 9.78. The molecule has 2 heterocycles. The second-order valence-corrected chi connectivity index (χ2v) is 5.31. The van der Waals surface area contributed by atoms with Crippen LogP contribution in [-0.4, -0.2) is 23.1 Å². The summed E-state index contributed by atoms with van der Waals surface area (Å²) >= 11 is 0. The van der Waals surface area contributed by atoms with Crippen molar-refractivity contribution in [3.63, 3.8) is 0 Å². The fraction of sp³-hybridized carbons (Fsp3) is 0.667. The van der Waals surface area contributed by atoms with Crippen molar-refractivity contribution in [3.8, 4) is 0 Å². The normalized spacial score (nSPS) is 28.1. The molecule has 4 N–H and O–H groups in total. The zero-order valence-corrected chi connectivity index (χ0v) is 9.97. The molecule has 2 bridgehead atoms. The highest BCUT2D eigenvalue weighted by Crippen LogP contribution is 2.36. The highest BCUT2D eigenvalue weighted by Gasteiger charge is 2.31. The van der Waals surface area contributed by atoms with Crippen LogP contribution in [0.1, 0.15) is 25.7 Å². The minimum Gasteiger partial charge on any atom is -0.383 e. The molecule has 92 valence electrons. The number of fused-ring (bicyclic) bond motifs is 2. The lowest BCUT2D eigenvalue weighted by molar-refractivity contribution is 0.230. The van der Waals surface area contributed by atoms with Crippen molar-refractivity contribution in [2.45, 2.75) is 25.7 Å². The largest absolute Gasteiger partial charge is 0.383 e. The van der Waals surface area contributed by atoms with Gasteiger partial charge >= 0.3 is 0 Å². The fourth-order valence-electron chi connectivity index (χ4n) is 3.25. The Morgan fingerprint density at radius 3 is 2.47 bits per heavy atom. The summed E-state index contributed by atoms with van der Waals surface area (Å²) in [7, 11) is 0. The smallest absolute Gasteiger partial charge is 0.223 e. The van der Waals surface area contributed by atoms with Crippen LogP contribution >= 0.6 is 0 Å². The molecular weight excluding hydrogens is 214 g/mol. The molecule has 1 aliphatic carbocycles. The number of nitrogen functional groups attached to an aromatic ring is 2. The summed E-state index contributed by atoms with van der Waals surface area (Å²) in [4.78, 5) is 10.5. The lowest BCUT2D eigenvalue weighted by Crippen LogP contribution is -2.43. The van der Waals surface area contributed by atoms with Crippen molar-refractivity contribution in [2.75, 3.05) is 29.5 Å². The first-order valence-corrected chi connectivity index (χ1v) is 6.35. The Labute approximate surface area is 101 Å². The van der Waals surface area contributed by atoms with Gasteiger partial charge in [0.15, 0.2) is 0 Å². The minimum atomic E-state index is 0.274. The number of hydrogen-bond donors (Lipinski definition) is 2. The summed E-state index contributed by atoms with van der Waals surface area (Å²) < 4.78 is 0. The van der Waals surface area contributed by atoms with E-state index in [-0.39, 0.29) is 5.95 Å². The van der Waals surface area contributed by atoms with Crippen LogP contribution in [0.15, 0.2) is 6.07 Å². The molecule has 2 fully saturated rings. The molecule has 5 heteroatoms. The first kappa shape index (κ1) is 10.6. The third-order valence-corrected chi connectivity index (χ3v) is 3.92. The molecule has 0 radical (unpaired) electrons. The number of rotatable bonds is 1. The van der Waals surface area contributed by atoms with Crippen LogP contribution in [0.4, 0.5) is 17.6 Å². The van der Waals surface area contributed by atoms with Crippen LogP contribution in [0.3, 0.4) is 0 Å². The molecule has 3 rings (SSSR count). The van der Waals surface area contributed by atoms with E-state index in [0.717, 1.165) is 30.7 Å². The third kappa shape index (κ3) is 2.14. The monoisotopic (exact) mass is 233 g/mol. The van der Waals surface area contributed by atoms with E-state index in [0.29, 0.717) is 5.82 Å². The maximum Gasteiger partial charge on any atom is 0.223 e. The highest BCUT2D eigenvalue weighted by atomic mass is 15.2. The van der Waals surface area contributed by atoms with Crippen molar-refractivity contribution in [1.82, 2.24) is 9.97 Å². The van der Waals surface area contributed by atoms with E-state index >= 15 is 0 Å². The summed E-state index contributed by atoms with van der Waals surface area (Å²) in [5.41, 5.74) is 11.4. The van der Waals surface area contributed by atoms with Gasteiger partial charge in [-0.3, -0.25) is 0 Å². The Balaban J connectivity index is 1.83. The van der Waals surface area contributed by atoms with E-state index in [1.807, 2.05) is 6.07 Å². The Kier molecular flexibility index (Phi) is 2.53. The lowest BCUT2D eigenvalue weighted by Gasteiger charge is -2.41. The van der Waals surface area contributed by atoms with Crippen LogP contribution in [0.5, 0.6) is 0 Å². The van der Waals surface area contributed by atoms with Gasteiger partial charge in [-0.25, -0.2) is 0 Å². The van der Waals surface area contributed by atoms with E-state index in [1.165, 1.54) is 25.7 Å². The van der Waals surface area contributed by atoms with Crippen LogP contribution in [0.25, 0.3) is 0 Å². The van der Waals surface area contributed by atoms with Gasteiger partial charge in [-0.1, -0.05) is 6.42 Å². The molecule has 1 aromatic rings. The Morgan fingerprint density at radius 2 is 1.82 bits per heavy atom. The van der Waals surface area contributed by atoms with Gasteiger partial charge in [0.05, 0.1) is 0 Å². The van der Waals surface area contributed by atoms with Crippen molar-refractivity contribution >= 4 is 17.6 Å². The Hall–Kier alpha value is -1.52. The van der Waals surface area contributed by atoms with Gasteiger partial charge < -0.3 is 16.4 Å². The van der Waals surface area contributed by atoms with E-state index < -0.39 is 0 Å². The van der Waals surface area contributed by atoms with E-state index in [2.05, 4.69) is 14.9 Å². The number of nitrogens with two attached hydrogens (primary N) is 2. The SMILES string of the molecule is Nc1cc(N2CC3CCCC(C3)C2)nc(N)n1. The predicted octanol–water partition coefficient (Wildman–Crippen LogP) is 1.27. The van der Waals surface area contributed by atoms with E-state index in [9.17, 15) is 0 Å². The average molecular weight is 233 g/mol. The number of nitrogens with zero attached hydrogens (tertiary/aromatic N) is 3. The number of piperidine rings is 1. The second-order valence-electron chi connectivity index (χ2n) is 5.31. The third-order valence-electron chi connectivity index (χ3n) is 3.92. The molecule has 1 aromatic heterocycles. The summed E-state index contributed by atoms with van der Waals surface area (Å²) in [6.45, 7) is 2.18. The first-order valence-electron chi connectivity index (χ1n) is 6.35. The topological polar surface area (TPSA) is 81.1 Å². The zero-order chi connectivity index (χ0) is 11.8. The van der Waals surface area contributed by atoms with Crippen LogP contribution in [-0.2, 0) is 0 Å². The quantitative estimate of drug-likeness (QED) is 0.763. The van der Waals surface area contributed by atoms with Gasteiger partial charge in [0, 0.05) is 19.2 Å². The summed E-state index contributed by atoms with van der Waals surface area (Å²) in [5.74, 6) is 3.27. The molecule has 0 spiro atoms. The van der Waals surface area contributed by atoms with Gasteiger partial charge in [0.2, 0.25) is 5.95 Å². The Bertz CT molecular complexity index is 387. The van der Waals surface area contributed by atoms with Gasteiger partial charge in [-0.05, 0) is 31.1 Å². The van der Waals surface area contributed by atoms with Crippen molar-refractivity contribution in [1.29, 1.82) is 0 Å². The van der Waals surface area contributed by atoms with Crippen LogP contribution in [0, 0.1) is 11.8 Å². The molecule has 17 heavy (non-hydrogen) atoms. The molecule has 1 aliphatic heterocycles. The molecule has 2 aliphatic rings. The molecule has 1 saturated carbocycles. The van der Waals surface area contributed by atoms with Crippen molar-refractivity contribution in [2.24, 2.45) is 11.8 Å². The molecule has 1 saturated heterocycles. The molecular formula is C12H19N5. The van der Waals surface area contributed by atoms with Crippen molar-refractivity contribution in [3.05, 3.63) is 6.07 Å². The molecule has 0 amide bonds. The van der Waals surface area contributed by atoms with Gasteiger partial charge in [-0.15, -0.1) is 0 Å². The molecule has 2 unspecified atom stereocenters. The fourth-order valence-corrected chi connectivity index (χ4v) is 3.25. The standard InChI is InChI=1S/C12H19N5/c13-10-5-11(16-12(14)15-10)17-6-8-2-1-3-9(4-8)7-17/h5,8-9H,1-4,6-7H2,(H4,13,14,15,16). The average Bonchev–Trinajstić information content (AvgIpc) is 2.27. The number of anilines is 3. The number of aromatic nitrogens is 2. The van der Waals surface area contributed by atoms with Crippen molar-refractivity contribution < 1.29 is 0 Å². The van der Waals surface area contributed by atoms with E-state index in [1.54, 1.807) is 0 Å². The van der Waals surface area contributed by atoms with E-state index in [4.69, 9.17) is 11.5 Å². The Morgan fingerprint density at radius 1 is 1.12 bits per heavy atom. The van der Waals surface area contributed by atoms with Gasteiger partial charge in [0.25, 0.3) is 0 Å². The first-order chi connectivity index (χ1) is 8.20. The highest BCUT2D eigenvalue weighted by molar-refractivity contribution is 5.50. The minimum absolute atomic E-state index is 0.274. The zero-order valence-electron chi connectivity index (χ0n) is 9.97. The van der Waals surface area contributed by atoms with Gasteiger partial charge in [0.1, 0.15) is 11.6 Å². The summed E-state index contributed by atoms with van der Waals surface area (Å²) in [6.07, 6.45) is 5.47. The second kappa shape index (κ2) is 4.05. The van der Waals surface area contributed by atoms with Crippen LogP contribution < -0.4 is 16.4 Å². The van der Waals surface area contributed by atoms with Gasteiger partial charge in [-0.2, -0.15) is 9.97 Å². The number of hydrogen-bond acceptors (Lipinski definition) is 5. The molecule has 5 nitrogen and oxygen atoms in total. The predicted molar refractivity (Wildman–Crippen MR) is 68.5 cm³/mol.